The number of anilines is 1. The Hall–Kier alpha value is -0.880. The molecule has 1 aromatic rings. The van der Waals surface area contributed by atoms with E-state index in [9.17, 15) is 4.21 Å². The standard InChI is InChI=1S/C13H25N3O2S/c1-10(6-7-19(5)17)14-13-15-11(2)8-16(13)12(3)9-18-4/h8,10,12H,6-7,9H2,1-5H3,(H,14,15). The van der Waals surface area contributed by atoms with Crippen LogP contribution in [0, 0.1) is 6.92 Å². The molecule has 0 saturated heterocycles. The number of methoxy groups -OCH3 is 1. The van der Waals surface area contributed by atoms with E-state index in [0.29, 0.717) is 12.4 Å². The summed E-state index contributed by atoms with van der Waals surface area (Å²) in [6.07, 6.45) is 4.63. The molecule has 0 aromatic carbocycles. The van der Waals surface area contributed by atoms with Crippen molar-refractivity contribution in [3.8, 4) is 0 Å². The van der Waals surface area contributed by atoms with E-state index in [2.05, 4.69) is 28.7 Å². The highest BCUT2D eigenvalue weighted by Crippen LogP contribution is 2.17. The maximum absolute atomic E-state index is 11.1. The minimum Gasteiger partial charge on any atom is -0.383 e. The van der Waals surface area contributed by atoms with E-state index in [1.807, 2.05) is 13.1 Å². The van der Waals surface area contributed by atoms with Crippen LogP contribution >= 0.6 is 0 Å². The van der Waals surface area contributed by atoms with Gasteiger partial charge in [-0.1, -0.05) is 0 Å². The zero-order valence-electron chi connectivity index (χ0n) is 12.5. The lowest BCUT2D eigenvalue weighted by atomic mass is 10.3. The van der Waals surface area contributed by atoms with E-state index in [1.54, 1.807) is 13.4 Å². The Balaban J connectivity index is 2.69. The Morgan fingerprint density at radius 1 is 1.53 bits per heavy atom. The number of aryl methyl sites for hydroxylation is 1. The van der Waals surface area contributed by atoms with Gasteiger partial charge >= 0.3 is 0 Å². The zero-order chi connectivity index (χ0) is 14.4. The fraction of sp³-hybridized carbons (Fsp3) is 0.769. The lowest BCUT2D eigenvalue weighted by molar-refractivity contribution is 0.163. The Morgan fingerprint density at radius 2 is 2.21 bits per heavy atom. The van der Waals surface area contributed by atoms with Gasteiger partial charge in [0.25, 0.3) is 0 Å². The number of nitrogens with zero attached hydrogens (tertiary/aromatic N) is 2. The fourth-order valence-corrected chi connectivity index (χ4v) is 2.60. The molecular weight excluding hydrogens is 262 g/mol. The maximum Gasteiger partial charge on any atom is 0.203 e. The number of nitrogens with one attached hydrogen (secondary N) is 1. The van der Waals surface area contributed by atoms with Crippen LogP contribution in [0.1, 0.15) is 32.0 Å². The summed E-state index contributed by atoms with van der Waals surface area (Å²) in [5.41, 5.74) is 0.983. The summed E-state index contributed by atoms with van der Waals surface area (Å²) in [4.78, 5) is 4.50. The highest BCUT2D eigenvalue weighted by Gasteiger charge is 2.13. The van der Waals surface area contributed by atoms with Crippen molar-refractivity contribution in [1.29, 1.82) is 0 Å². The Labute approximate surface area is 118 Å². The summed E-state index contributed by atoms with van der Waals surface area (Å²) in [5, 5.41) is 3.39. The summed E-state index contributed by atoms with van der Waals surface area (Å²) in [6, 6.07) is 0.486. The van der Waals surface area contributed by atoms with Crippen LogP contribution in [-0.4, -0.2) is 45.5 Å². The second-order valence-electron chi connectivity index (χ2n) is 5.03. The van der Waals surface area contributed by atoms with E-state index >= 15 is 0 Å². The zero-order valence-corrected chi connectivity index (χ0v) is 13.3. The first-order valence-electron chi connectivity index (χ1n) is 6.55. The molecule has 6 heteroatoms. The highest BCUT2D eigenvalue weighted by atomic mass is 32.2. The van der Waals surface area contributed by atoms with Crippen molar-refractivity contribution in [2.75, 3.05) is 31.0 Å². The van der Waals surface area contributed by atoms with Crippen molar-refractivity contribution in [2.45, 2.75) is 39.3 Å². The van der Waals surface area contributed by atoms with Crippen LogP contribution in [0.4, 0.5) is 5.95 Å². The van der Waals surface area contributed by atoms with Crippen LogP contribution < -0.4 is 5.32 Å². The van der Waals surface area contributed by atoms with Crippen LogP contribution in [0.15, 0.2) is 6.20 Å². The monoisotopic (exact) mass is 287 g/mol. The van der Waals surface area contributed by atoms with E-state index in [-0.39, 0.29) is 12.1 Å². The van der Waals surface area contributed by atoms with E-state index in [4.69, 9.17) is 4.74 Å². The molecule has 0 radical (unpaired) electrons. The molecule has 0 saturated carbocycles. The summed E-state index contributed by atoms with van der Waals surface area (Å²) in [5.74, 6) is 1.57. The minimum absolute atomic E-state index is 0.237. The largest absolute Gasteiger partial charge is 0.383 e. The van der Waals surface area contributed by atoms with Gasteiger partial charge in [0.15, 0.2) is 0 Å². The van der Waals surface area contributed by atoms with Crippen LogP contribution in [0.2, 0.25) is 0 Å². The van der Waals surface area contributed by atoms with Gasteiger partial charge in [0.05, 0.1) is 18.3 Å². The Morgan fingerprint density at radius 3 is 2.79 bits per heavy atom. The first-order valence-corrected chi connectivity index (χ1v) is 8.27. The lowest BCUT2D eigenvalue weighted by Crippen LogP contribution is -2.22. The molecule has 5 nitrogen and oxygen atoms in total. The smallest absolute Gasteiger partial charge is 0.203 e. The molecule has 1 rings (SSSR count). The molecule has 0 fully saturated rings. The molecule has 3 unspecified atom stereocenters. The molecule has 1 aromatic heterocycles. The molecule has 0 bridgehead atoms. The fourth-order valence-electron chi connectivity index (χ4n) is 1.92. The first-order chi connectivity index (χ1) is 8.93. The summed E-state index contributed by atoms with van der Waals surface area (Å²) < 4.78 is 18.4. The van der Waals surface area contributed by atoms with Crippen LogP contribution in [0.5, 0.6) is 0 Å². The average Bonchev–Trinajstić information content (AvgIpc) is 2.68. The van der Waals surface area contributed by atoms with E-state index in [1.165, 1.54) is 0 Å². The third kappa shape index (κ3) is 5.32. The summed E-state index contributed by atoms with van der Waals surface area (Å²) in [6.45, 7) is 6.81. The second-order valence-corrected chi connectivity index (χ2v) is 6.58. The molecule has 110 valence electrons. The van der Waals surface area contributed by atoms with Gasteiger partial charge in [0, 0.05) is 42.2 Å². The third-order valence-electron chi connectivity index (χ3n) is 2.95. The van der Waals surface area contributed by atoms with Crippen LogP contribution in [-0.2, 0) is 15.5 Å². The SMILES string of the molecule is COCC(C)n1cc(C)nc1NC(C)CCS(C)=O. The van der Waals surface area contributed by atoms with Crippen LogP contribution in [0.25, 0.3) is 0 Å². The number of rotatable bonds is 8. The van der Waals surface area contributed by atoms with Crippen molar-refractivity contribution in [1.82, 2.24) is 9.55 Å². The van der Waals surface area contributed by atoms with Gasteiger partial charge in [-0.05, 0) is 27.2 Å². The molecule has 0 amide bonds. The van der Waals surface area contributed by atoms with Crippen molar-refractivity contribution in [3.05, 3.63) is 11.9 Å². The van der Waals surface area contributed by atoms with E-state index in [0.717, 1.165) is 18.1 Å². The first kappa shape index (κ1) is 16.2. The molecule has 0 aliphatic heterocycles. The number of hydrogen-bond donors (Lipinski definition) is 1. The minimum atomic E-state index is -0.743. The van der Waals surface area contributed by atoms with Crippen molar-refractivity contribution in [2.24, 2.45) is 0 Å². The van der Waals surface area contributed by atoms with E-state index < -0.39 is 10.8 Å². The molecule has 1 N–H and O–H groups in total. The normalized spacial score (nSPS) is 16.1. The molecule has 3 atom stereocenters. The lowest BCUT2D eigenvalue weighted by Gasteiger charge is -2.19. The second kappa shape index (κ2) is 7.65. The maximum atomic E-state index is 11.1. The highest BCUT2D eigenvalue weighted by molar-refractivity contribution is 7.84. The topological polar surface area (TPSA) is 56.1 Å². The number of imidazole rings is 1. The Kier molecular flexibility index (Phi) is 6.51. The number of ether oxygens (including phenoxy) is 1. The van der Waals surface area contributed by atoms with Gasteiger partial charge in [0.1, 0.15) is 0 Å². The quantitative estimate of drug-likeness (QED) is 0.794. The number of aromatic nitrogens is 2. The predicted molar refractivity (Wildman–Crippen MR) is 80.2 cm³/mol. The predicted octanol–water partition coefficient (Wildman–Crippen LogP) is 1.97. The van der Waals surface area contributed by atoms with Crippen molar-refractivity contribution in [3.63, 3.8) is 0 Å². The molecular formula is C13H25N3O2S. The van der Waals surface area contributed by atoms with Crippen molar-refractivity contribution >= 4 is 16.7 Å². The molecule has 19 heavy (non-hydrogen) atoms. The van der Waals surface area contributed by atoms with Crippen LogP contribution in [0.3, 0.4) is 0 Å². The van der Waals surface area contributed by atoms with Gasteiger partial charge in [-0.15, -0.1) is 0 Å². The number of hydrogen-bond acceptors (Lipinski definition) is 4. The van der Waals surface area contributed by atoms with Gasteiger partial charge in [-0.3, -0.25) is 4.21 Å². The van der Waals surface area contributed by atoms with Gasteiger partial charge in [-0.25, -0.2) is 4.98 Å². The average molecular weight is 287 g/mol. The molecule has 0 aliphatic carbocycles. The van der Waals surface area contributed by atoms with Crippen molar-refractivity contribution < 1.29 is 8.95 Å². The van der Waals surface area contributed by atoms with Gasteiger partial charge in [-0.2, -0.15) is 0 Å². The summed E-state index contributed by atoms with van der Waals surface area (Å²) >= 11 is 0. The molecule has 0 spiro atoms. The Bertz CT molecular complexity index is 420. The van der Waals surface area contributed by atoms with Gasteiger partial charge < -0.3 is 14.6 Å². The summed E-state index contributed by atoms with van der Waals surface area (Å²) in [7, 11) is 0.958. The molecule has 1 heterocycles. The van der Waals surface area contributed by atoms with Gasteiger partial charge in [0.2, 0.25) is 5.95 Å². The molecule has 0 aliphatic rings. The third-order valence-corrected chi connectivity index (χ3v) is 3.76.